The Kier molecular flexibility index (Phi) is 5.05. The first-order chi connectivity index (χ1) is 9.19. The fourth-order valence-corrected chi connectivity index (χ4v) is 1.81. The number of aliphatic hydroxyl groups is 1. The normalized spacial score (nSPS) is 16.2. The van der Waals surface area contributed by atoms with Crippen molar-refractivity contribution in [1.82, 2.24) is 5.32 Å². The molecule has 0 spiro atoms. The molecule has 106 valence electrons. The van der Waals surface area contributed by atoms with Gasteiger partial charge in [-0.05, 0) is 44.4 Å². The van der Waals surface area contributed by atoms with Crippen molar-refractivity contribution < 1.29 is 14.6 Å². The molecule has 0 heterocycles. The molecule has 2 rings (SSSR count). The zero-order valence-electron chi connectivity index (χ0n) is 11.7. The average molecular weight is 265 g/mol. The molecule has 1 fully saturated rings. The summed E-state index contributed by atoms with van der Waals surface area (Å²) in [5.74, 6) is 1.44. The monoisotopic (exact) mass is 265 g/mol. The highest BCUT2D eigenvalue weighted by atomic mass is 16.5. The van der Waals surface area contributed by atoms with Crippen molar-refractivity contribution >= 4 is 0 Å². The van der Waals surface area contributed by atoms with E-state index in [2.05, 4.69) is 5.32 Å². The number of hydrogen-bond donors (Lipinski definition) is 2. The molecule has 1 atom stereocenters. The van der Waals surface area contributed by atoms with Crippen LogP contribution >= 0.6 is 0 Å². The van der Waals surface area contributed by atoms with Gasteiger partial charge in [-0.1, -0.05) is 6.07 Å². The van der Waals surface area contributed by atoms with Crippen LogP contribution in [0.25, 0.3) is 0 Å². The van der Waals surface area contributed by atoms with Gasteiger partial charge in [-0.15, -0.1) is 0 Å². The number of ether oxygens (including phenoxy) is 2. The fourth-order valence-electron chi connectivity index (χ4n) is 1.81. The SMILES string of the molecule is CCOc1cc(CNC2CC2)ccc1OCC(C)O. The molecule has 4 nitrogen and oxygen atoms in total. The lowest BCUT2D eigenvalue weighted by atomic mass is 10.2. The van der Waals surface area contributed by atoms with Gasteiger partial charge in [0.05, 0.1) is 12.7 Å². The van der Waals surface area contributed by atoms with Crippen LogP contribution in [0.2, 0.25) is 0 Å². The average Bonchev–Trinajstić information content (AvgIpc) is 3.19. The Morgan fingerprint density at radius 2 is 2.11 bits per heavy atom. The third-order valence-electron chi connectivity index (χ3n) is 2.96. The standard InChI is InChI=1S/C15H23NO3/c1-3-18-15-8-12(9-16-13-5-6-13)4-7-14(15)19-10-11(2)17/h4,7-8,11,13,16-17H,3,5-6,9-10H2,1-2H3. The van der Waals surface area contributed by atoms with Gasteiger partial charge >= 0.3 is 0 Å². The van der Waals surface area contributed by atoms with Crippen molar-refractivity contribution in [2.75, 3.05) is 13.2 Å². The molecule has 0 aromatic heterocycles. The van der Waals surface area contributed by atoms with Gasteiger partial charge in [-0.25, -0.2) is 0 Å². The van der Waals surface area contributed by atoms with Crippen molar-refractivity contribution in [3.63, 3.8) is 0 Å². The van der Waals surface area contributed by atoms with Gasteiger partial charge in [0.1, 0.15) is 6.61 Å². The largest absolute Gasteiger partial charge is 0.490 e. The van der Waals surface area contributed by atoms with E-state index in [9.17, 15) is 5.11 Å². The van der Waals surface area contributed by atoms with Crippen LogP contribution in [0, 0.1) is 0 Å². The summed E-state index contributed by atoms with van der Waals surface area (Å²) in [6, 6.07) is 6.66. The number of nitrogens with one attached hydrogen (secondary N) is 1. The van der Waals surface area contributed by atoms with Crippen LogP contribution < -0.4 is 14.8 Å². The molecule has 1 aromatic carbocycles. The third-order valence-corrected chi connectivity index (χ3v) is 2.96. The van der Waals surface area contributed by atoms with Crippen molar-refractivity contribution in [2.45, 2.75) is 45.4 Å². The topological polar surface area (TPSA) is 50.7 Å². The van der Waals surface area contributed by atoms with Gasteiger partial charge in [0.15, 0.2) is 11.5 Å². The molecule has 1 aliphatic carbocycles. The van der Waals surface area contributed by atoms with Crippen LogP contribution in [0.3, 0.4) is 0 Å². The Balaban J connectivity index is 1.99. The first-order valence-electron chi connectivity index (χ1n) is 6.99. The Labute approximate surface area is 114 Å². The number of rotatable bonds is 8. The molecule has 1 unspecified atom stereocenters. The van der Waals surface area contributed by atoms with E-state index in [0.717, 1.165) is 12.3 Å². The molecule has 2 N–H and O–H groups in total. The zero-order valence-corrected chi connectivity index (χ0v) is 11.7. The molecule has 0 aliphatic heterocycles. The molecule has 0 amide bonds. The van der Waals surface area contributed by atoms with Gasteiger partial charge in [-0.3, -0.25) is 0 Å². The Morgan fingerprint density at radius 3 is 2.74 bits per heavy atom. The van der Waals surface area contributed by atoms with Gasteiger partial charge < -0.3 is 19.9 Å². The molecule has 4 heteroatoms. The van der Waals surface area contributed by atoms with E-state index in [0.29, 0.717) is 18.4 Å². The summed E-state index contributed by atoms with van der Waals surface area (Å²) in [4.78, 5) is 0. The summed E-state index contributed by atoms with van der Waals surface area (Å²) in [6.07, 6.45) is 2.09. The minimum atomic E-state index is -0.481. The molecule has 0 radical (unpaired) electrons. The van der Waals surface area contributed by atoms with Crippen LogP contribution in [0.5, 0.6) is 11.5 Å². The molecule has 1 aromatic rings. The summed E-state index contributed by atoms with van der Waals surface area (Å²) < 4.78 is 11.1. The van der Waals surface area contributed by atoms with Crippen molar-refractivity contribution in [3.8, 4) is 11.5 Å². The van der Waals surface area contributed by atoms with Gasteiger partial charge in [0, 0.05) is 12.6 Å². The van der Waals surface area contributed by atoms with Crippen LogP contribution in [-0.2, 0) is 6.54 Å². The Morgan fingerprint density at radius 1 is 1.32 bits per heavy atom. The molecule has 1 saturated carbocycles. The molecule has 1 aliphatic rings. The summed E-state index contributed by atoms with van der Waals surface area (Å²) >= 11 is 0. The number of hydrogen-bond acceptors (Lipinski definition) is 4. The summed E-state index contributed by atoms with van der Waals surface area (Å²) in [7, 11) is 0. The maximum Gasteiger partial charge on any atom is 0.161 e. The summed E-state index contributed by atoms with van der Waals surface area (Å²) in [5, 5.41) is 12.7. The van der Waals surface area contributed by atoms with Crippen molar-refractivity contribution in [1.29, 1.82) is 0 Å². The molecule has 0 bridgehead atoms. The maximum atomic E-state index is 9.27. The summed E-state index contributed by atoms with van der Waals surface area (Å²) in [5.41, 5.74) is 1.19. The first-order valence-corrected chi connectivity index (χ1v) is 6.99. The van der Waals surface area contributed by atoms with Gasteiger partial charge in [-0.2, -0.15) is 0 Å². The molecular weight excluding hydrogens is 242 g/mol. The Bertz CT molecular complexity index is 402. The highest BCUT2D eigenvalue weighted by Gasteiger charge is 2.20. The number of benzene rings is 1. The highest BCUT2D eigenvalue weighted by Crippen LogP contribution is 2.29. The van der Waals surface area contributed by atoms with Crippen LogP contribution in [0.15, 0.2) is 18.2 Å². The molecule has 19 heavy (non-hydrogen) atoms. The maximum absolute atomic E-state index is 9.27. The number of aliphatic hydroxyl groups excluding tert-OH is 1. The van der Waals surface area contributed by atoms with E-state index in [1.165, 1.54) is 18.4 Å². The minimum Gasteiger partial charge on any atom is -0.490 e. The second kappa shape index (κ2) is 6.78. The molecule has 0 saturated heterocycles. The quantitative estimate of drug-likeness (QED) is 0.756. The van der Waals surface area contributed by atoms with E-state index in [4.69, 9.17) is 9.47 Å². The second-order valence-electron chi connectivity index (χ2n) is 5.03. The lowest BCUT2D eigenvalue weighted by Crippen LogP contribution is -2.16. The third kappa shape index (κ3) is 4.73. The molecular formula is C15H23NO3. The van der Waals surface area contributed by atoms with Crippen molar-refractivity contribution in [3.05, 3.63) is 23.8 Å². The lowest BCUT2D eigenvalue weighted by Gasteiger charge is -2.14. The first kappa shape index (κ1) is 14.2. The Hall–Kier alpha value is -1.26. The predicted octanol–water partition coefficient (Wildman–Crippen LogP) is 2.10. The van der Waals surface area contributed by atoms with Gasteiger partial charge in [0.2, 0.25) is 0 Å². The lowest BCUT2D eigenvalue weighted by molar-refractivity contribution is 0.120. The van der Waals surface area contributed by atoms with E-state index in [-0.39, 0.29) is 6.61 Å². The minimum absolute atomic E-state index is 0.278. The smallest absolute Gasteiger partial charge is 0.161 e. The van der Waals surface area contributed by atoms with Crippen LogP contribution in [0.4, 0.5) is 0 Å². The zero-order chi connectivity index (χ0) is 13.7. The van der Waals surface area contributed by atoms with Crippen molar-refractivity contribution in [2.24, 2.45) is 0 Å². The van der Waals surface area contributed by atoms with Gasteiger partial charge in [0.25, 0.3) is 0 Å². The van der Waals surface area contributed by atoms with Crippen LogP contribution in [-0.4, -0.2) is 30.5 Å². The highest BCUT2D eigenvalue weighted by molar-refractivity contribution is 5.43. The van der Waals surface area contributed by atoms with E-state index >= 15 is 0 Å². The van der Waals surface area contributed by atoms with E-state index in [1.807, 2.05) is 25.1 Å². The van der Waals surface area contributed by atoms with Crippen LogP contribution in [0.1, 0.15) is 32.3 Å². The van der Waals surface area contributed by atoms with E-state index in [1.54, 1.807) is 6.92 Å². The van der Waals surface area contributed by atoms with E-state index < -0.39 is 6.10 Å². The summed E-state index contributed by atoms with van der Waals surface area (Å²) in [6.45, 7) is 5.40. The predicted molar refractivity (Wildman–Crippen MR) is 74.6 cm³/mol. The second-order valence-corrected chi connectivity index (χ2v) is 5.03. The fraction of sp³-hybridized carbons (Fsp3) is 0.600.